The van der Waals surface area contributed by atoms with E-state index in [-0.39, 0.29) is 0 Å². The van der Waals surface area contributed by atoms with Gasteiger partial charge < -0.3 is 4.57 Å². The number of rotatable bonds is 4. The molecule has 8 rings (SSSR count). The van der Waals surface area contributed by atoms with Crippen LogP contribution in [0.5, 0.6) is 0 Å². The molecule has 0 aliphatic rings. The molecule has 3 nitrogen and oxygen atoms in total. The number of hydrogen-bond donors (Lipinski definition) is 0. The van der Waals surface area contributed by atoms with Gasteiger partial charge in [0.05, 0.1) is 26.9 Å². The van der Waals surface area contributed by atoms with E-state index in [9.17, 15) is 0 Å². The molecule has 0 saturated heterocycles. The van der Waals surface area contributed by atoms with Gasteiger partial charge in [0.2, 0.25) is 0 Å². The van der Waals surface area contributed by atoms with Crippen molar-refractivity contribution < 1.29 is 0 Å². The molecule has 0 amide bonds. The highest BCUT2D eigenvalue weighted by molar-refractivity contribution is 7.21. The third-order valence-electron chi connectivity index (χ3n) is 7.23. The number of fused-ring (bicyclic) bond motifs is 4. The van der Waals surface area contributed by atoms with Crippen molar-refractivity contribution in [2.45, 2.75) is 0 Å². The normalized spacial score (nSPS) is 11.6. The SMILES string of the molecule is c1ccc(-c2cccc(-n3c4ccccc4c4cc(-c5ccsc5)c(-c5nc6ccccc6s5)cc43)c2)nc1. The Balaban J connectivity index is 1.45. The van der Waals surface area contributed by atoms with Crippen molar-refractivity contribution in [3.8, 4) is 38.6 Å². The fourth-order valence-electron chi connectivity index (χ4n) is 5.45. The molecular weight excluding hydrogens is 515 g/mol. The van der Waals surface area contributed by atoms with E-state index in [1.54, 1.807) is 22.7 Å². The van der Waals surface area contributed by atoms with Crippen LogP contribution in [0, 0.1) is 0 Å². The van der Waals surface area contributed by atoms with Crippen molar-refractivity contribution in [3.63, 3.8) is 0 Å². The molecule has 0 bridgehead atoms. The van der Waals surface area contributed by atoms with Gasteiger partial charge in [0.15, 0.2) is 0 Å². The van der Waals surface area contributed by atoms with Gasteiger partial charge in [-0.15, -0.1) is 11.3 Å². The van der Waals surface area contributed by atoms with E-state index >= 15 is 0 Å². The number of hydrogen-bond acceptors (Lipinski definition) is 4. The molecule has 0 atom stereocenters. The number of thiazole rings is 1. The lowest BCUT2D eigenvalue weighted by atomic mass is 9.99. The summed E-state index contributed by atoms with van der Waals surface area (Å²) >= 11 is 3.48. The van der Waals surface area contributed by atoms with Crippen LogP contribution < -0.4 is 0 Å². The Morgan fingerprint density at radius 3 is 2.41 bits per heavy atom. The van der Waals surface area contributed by atoms with Crippen LogP contribution in [0.2, 0.25) is 0 Å². The molecule has 5 heteroatoms. The van der Waals surface area contributed by atoms with Crippen molar-refractivity contribution in [1.29, 1.82) is 0 Å². The number of benzene rings is 4. The Kier molecular flexibility index (Phi) is 5.18. The number of aromatic nitrogens is 3. The predicted molar refractivity (Wildman–Crippen MR) is 166 cm³/mol. The summed E-state index contributed by atoms with van der Waals surface area (Å²) in [5.41, 5.74) is 10.2. The van der Waals surface area contributed by atoms with Crippen LogP contribution in [0.4, 0.5) is 0 Å². The number of pyridine rings is 1. The highest BCUT2D eigenvalue weighted by Gasteiger charge is 2.19. The molecule has 0 N–H and O–H groups in total. The second-order valence-corrected chi connectivity index (χ2v) is 11.3. The van der Waals surface area contributed by atoms with Crippen molar-refractivity contribution in [2.24, 2.45) is 0 Å². The Morgan fingerprint density at radius 2 is 1.54 bits per heavy atom. The number of para-hydroxylation sites is 2. The van der Waals surface area contributed by atoms with E-state index in [0.29, 0.717) is 0 Å². The summed E-state index contributed by atoms with van der Waals surface area (Å²) in [6.45, 7) is 0. The summed E-state index contributed by atoms with van der Waals surface area (Å²) in [6, 6.07) is 38.7. The first-order chi connectivity index (χ1) is 19.3. The van der Waals surface area contributed by atoms with Crippen molar-refractivity contribution in [3.05, 3.63) is 126 Å². The Labute approximate surface area is 233 Å². The van der Waals surface area contributed by atoms with Gasteiger partial charge in [0.1, 0.15) is 5.01 Å². The summed E-state index contributed by atoms with van der Waals surface area (Å²) in [6.07, 6.45) is 1.85. The van der Waals surface area contributed by atoms with Gasteiger partial charge in [-0.05, 0) is 82.6 Å². The molecule has 0 saturated carbocycles. The fourth-order valence-corrected chi connectivity index (χ4v) is 7.10. The lowest BCUT2D eigenvalue weighted by Crippen LogP contribution is -1.95. The number of nitrogens with zero attached hydrogens (tertiary/aromatic N) is 3. The summed E-state index contributed by atoms with van der Waals surface area (Å²) < 4.78 is 3.58. The molecule has 39 heavy (non-hydrogen) atoms. The Hall–Kier alpha value is -4.58. The van der Waals surface area contributed by atoms with Crippen LogP contribution in [0.25, 0.3) is 70.7 Å². The van der Waals surface area contributed by atoms with Gasteiger partial charge in [-0.25, -0.2) is 4.98 Å². The van der Waals surface area contributed by atoms with Gasteiger partial charge in [0, 0.05) is 33.8 Å². The summed E-state index contributed by atoms with van der Waals surface area (Å²) in [4.78, 5) is 9.67. The lowest BCUT2D eigenvalue weighted by Gasteiger charge is -2.12. The first-order valence-corrected chi connectivity index (χ1v) is 14.6. The van der Waals surface area contributed by atoms with Gasteiger partial charge >= 0.3 is 0 Å². The number of thiophene rings is 1. The fraction of sp³-hybridized carbons (Fsp3) is 0. The minimum atomic E-state index is 0.968. The van der Waals surface area contributed by atoms with Crippen molar-refractivity contribution in [1.82, 2.24) is 14.5 Å². The minimum Gasteiger partial charge on any atom is -0.309 e. The van der Waals surface area contributed by atoms with E-state index in [1.807, 2.05) is 18.3 Å². The highest BCUT2D eigenvalue weighted by atomic mass is 32.1. The van der Waals surface area contributed by atoms with E-state index in [1.165, 1.54) is 37.6 Å². The smallest absolute Gasteiger partial charge is 0.125 e. The monoisotopic (exact) mass is 535 g/mol. The van der Waals surface area contributed by atoms with Gasteiger partial charge in [0.25, 0.3) is 0 Å². The van der Waals surface area contributed by atoms with E-state index in [0.717, 1.165) is 33.0 Å². The molecule has 0 aliphatic carbocycles. The maximum absolute atomic E-state index is 5.07. The average molecular weight is 536 g/mol. The second kappa shape index (κ2) is 9.02. The quantitative estimate of drug-likeness (QED) is 0.224. The largest absolute Gasteiger partial charge is 0.309 e. The summed E-state index contributed by atoms with van der Waals surface area (Å²) in [7, 11) is 0. The van der Waals surface area contributed by atoms with E-state index in [2.05, 4.69) is 117 Å². The highest BCUT2D eigenvalue weighted by Crippen LogP contribution is 2.43. The first-order valence-electron chi connectivity index (χ1n) is 12.8. The van der Waals surface area contributed by atoms with Crippen molar-refractivity contribution in [2.75, 3.05) is 0 Å². The summed E-state index contributed by atoms with van der Waals surface area (Å²) in [5, 5.41) is 7.89. The first kappa shape index (κ1) is 22.4. The van der Waals surface area contributed by atoms with Crippen LogP contribution in [0.3, 0.4) is 0 Å². The van der Waals surface area contributed by atoms with Gasteiger partial charge in [-0.1, -0.05) is 48.5 Å². The van der Waals surface area contributed by atoms with Crippen molar-refractivity contribution >= 4 is 54.7 Å². The topological polar surface area (TPSA) is 30.7 Å². The van der Waals surface area contributed by atoms with E-state index in [4.69, 9.17) is 4.98 Å². The zero-order valence-electron chi connectivity index (χ0n) is 20.8. The molecule has 0 fully saturated rings. The molecule has 4 heterocycles. The maximum atomic E-state index is 5.07. The third-order valence-corrected chi connectivity index (χ3v) is 8.99. The molecule has 0 unspecified atom stereocenters. The van der Waals surface area contributed by atoms with Gasteiger partial charge in [-0.3, -0.25) is 4.98 Å². The standard InChI is InChI=1S/C34H21N3S2/c1-3-13-31-25(10-1)27-19-26(23-15-17-38-21-23)28(34-36-30-12-2-4-14-33(30)39-34)20-32(27)37(31)24-9-7-8-22(18-24)29-11-5-6-16-35-29/h1-21H. The lowest BCUT2D eigenvalue weighted by molar-refractivity contribution is 1.18. The van der Waals surface area contributed by atoms with Crippen LogP contribution in [-0.2, 0) is 0 Å². The van der Waals surface area contributed by atoms with Crippen LogP contribution >= 0.6 is 22.7 Å². The maximum Gasteiger partial charge on any atom is 0.125 e. The molecule has 4 aromatic heterocycles. The molecule has 4 aromatic carbocycles. The average Bonchev–Trinajstić information content (AvgIpc) is 3.75. The van der Waals surface area contributed by atoms with Crippen LogP contribution in [0.15, 0.2) is 126 Å². The molecular formula is C34H21N3S2. The zero-order valence-corrected chi connectivity index (χ0v) is 22.4. The Bertz CT molecular complexity index is 2090. The molecule has 184 valence electrons. The molecule has 0 aliphatic heterocycles. The molecule has 0 spiro atoms. The van der Waals surface area contributed by atoms with Crippen LogP contribution in [-0.4, -0.2) is 14.5 Å². The van der Waals surface area contributed by atoms with Crippen LogP contribution in [0.1, 0.15) is 0 Å². The molecule has 0 radical (unpaired) electrons. The third kappa shape index (κ3) is 3.70. The zero-order chi connectivity index (χ0) is 25.8. The van der Waals surface area contributed by atoms with E-state index < -0.39 is 0 Å². The Morgan fingerprint density at radius 1 is 0.641 bits per heavy atom. The predicted octanol–water partition coefficient (Wildman–Crippen LogP) is 9.85. The summed E-state index contributed by atoms with van der Waals surface area (Å²) in [5.74, 6) is 0. The minimum absolute atomic E-state index is 0.968. The molecule has 8 aromatic rings. The second-order valence-electron chi connectivity index (χ2n) is 9.53. The van der Waals surface area contributed by atoms with Gasteiger partial charge in [-0.2, -0.15) is 11.3 Å².